The van der Waals surface area contributed by atoms with Crippen LogP contribution in [0.4, 0.5) is 5.00 Å². The van der Waals surface area contributed by atoms with Crippen LogP contribution in [-0.2, 0) is 9.47 Å². The number of aldehydes is 1. The molecule has 0 N–H and O–H groups in total. The summed E-state index contributed by atoms with van der Waals surface area (Å²) >= 11 is 1.39. The van der Waals surface area contributed by atoms with Gasteiger partial charge in [0.1, 0.15) is 11.1 Å². The molecule has 0 aliphatic carbocycles. The molecule has 1 atom stereocenters. The van der Waals surface area contributed by atoms with E-state index in [0.29, 0.717) is 30.3 Å². The average Bonchev–Trinajstić information content (AvgIpc) is 3.16. The third kappa shape index (κ3) is 3.77. The Morgan fingerprint density at radius 1 is 1.24 bits per heavy atom. The Balaban J connectivity index is 1.85. The first kappa shape index (κ1) is 19.6. The van der Waals surface area contributed by atoms with Crippen molar-refractivity contribution in [3.05, 3.63) is 64.0 Å². The second kappa shape index (κ2) is 8.75. The van der Waals surface area contributed by atoms with Crippen molar-refractivity contribution >= 4 is 33.4 Å². The third-order valence-corrected chi connectivity index (χ3v) is 6.52. The van der Waals surface area contributed by atoms with Crippen molar-refractivity contribution in [1.29, 1.82) is 5.26 Å². The van der Waals surface area contributed by atoms with E-state index in [-0.39, 0.29) is 5.92 Å². The van der Waals surface area contributed by atoms with Gasteiger partial charge < -0.3 is 14.4 Å². The van der Waals surface area contributed by atoms with Crippen LogP contribution < -0.4 is 4.90 Å². The van der Waals surface area contributed by atoms with E-state index in [0.717, 1.165) is 46.3 Å². The normalized spacial score (nSPS) is 15.2. The van der Waals surface area contributed by atoms with Gasteiger partial charge in [0.25, 0.3) is 0 Å². The van der Waals surface area contributed by atoms with E-state index < -0.39 is 0 Å². The van der Waals surface area contributed by atoms with Crippen molar-refractivity contribution in [1.82, 2.24) is 0 Å². The highest BCUT2D eigenvalue weighted by Crippen LogP contribution is 2.42. The van der Waals surface area contributed by atoms with Gasteiger partial charge in [-0.25, -0.2) is 0 Å². The van der Waals surface area contributed by atoms with Crippen LogP contribution in [0.3, 0.4) is 0 Å². The van der Waals surface area contributed by atoms with E-state index in [4.69, 9.17) is 9.47 Å². The zero-order valence-electron chi connectivity index (χ0n) is 16.3. The molecule has 4 rings (SSSR count). The number of methoxy groups -OCH3 is 1. The van der Waals surface area contributed by atoms with Gasteiger partial charge in [-0.3, -0.25) is 4.79 Å². The van der Waals surface area contributed by atoms with Crippen molar-refractivity contribution in [3.63, 3.8) is 0 Å². The Labute approximate surface area is 174 Å². The average molecular weight is 407 g/mol. The van der Waals surface area contributed by atoms with Crippen LogP contribution in [0.15, 0.2) is 42.5 Å². The molecule has 0 bridgehead atoms. The largest absolute Gasteiger partial charge is 0.384 e. The molecule has 2 heterocycles. The fourth-order valence-corrected chi connectivity index (χ4v) is 5.10. The van der Waals surface area contributed by atoms with Crippen LogP contribution in [0.2, 0.25) is 0 Å². The minimum absolute atomic E-state index is 0.189. The van der Waals surface area contributed by atoms with Gasteiger partial charge in [-0.1, -0.05) is 42.5 Å². The predicted octanol–water partition coefficient (Wildman–Crippen LogP) is 4.20. The molecule has 0 amide bonds. The Morgan fingerprint density at radius 3 is 2.69 bits per heavy atom. The summed E-state index contributed by atoms with van der Waals surface area (Å²) in [7, 11) is 1.65. The lowest BCUT2D eigenvalue weighted by Gasteiger charge is -2.28. The number of carbonyl (C=O) groups excluding carboxylic acids is 1. The molecule has 0 radical (unpaired) electrons. The Hall–Kier alpha value is -2.72. The standard InChI is InChI=1S/C23H22N2O3S/c1-27-15-20(18-7-6-16-4-2-3-5-17(16)12-18)22-19(13-24)23(29-21(22)14-26)25-8-10-28-11-9-25/h2-7,12,14,20H,8-11,15H2,1H3. The zero-order chi connectivity index (χ0) is 20.2. The summed E-state index contributed by atoms with van der Waals surface area (Å²) in [5.74, 6) is -0.189. The lowest BCUT2D eigenvalue weighted by Crippen LogP contribution is -2.36. The highest BCUT2D eigenvalue weighted by atomic mass is 32.1. The number of hydrogen-bond acceptors (Lipinski definition) is 6. The Kier molecular flexibility index (Phi) is 5.91. The number of fused-ring (bicyclic) bond motifs is 1. The number of rotatable bonds is 6. The van der Waals surface area contributed by atoms with E-state index in [1.807, 2.05) is 12.1 Å². The monoisotopic (exact) mass is 406 g/mol. The van der Waals surface area contributed by atoms with Crippen molar-refractivity contribution in [3.8, 4) is 6.07 Å². The number of nitriles is 1. The number of thiophene rings is 1. The van der Waals surface area contributed by atoms with Gasteiger partial charge in [-0.05, 0) is 16.3 Å². The molecule has 5 nitrogen and oxygen atoms in total. The van der Waals surface area contributed by atoms with Crippen molar-refractivity contribution in [2.24, 2.45) is 0 Å². The maximum atomic E-state index is 12.0. The number of hydrogen-bond donors (Lipinski definition) is 0. The smallest absolute Gasteiger partial charge is 0.160 e. The molecule has 0 saturated carbocycles. The summed E-state index contributed by atoms with van der Waals surface area (Å²) in [6.45, 7) is 3.09. The van der Waals surface area contributed by atoms with Crippen molar-refractivity contribution < 1.29 is 14.3 Å². The number of morpholine rings is 1. The maximum Gasteiger partial charge on any atom is 0.160 e. The quantitative estimate of drug-likeness (QED) is 0.574. The van der Waals surface area contributed by atoms with Gasteiger partial charge in [0.2, 0.25) is 0 Å². The van der Waals surface area contributed by atoms with E-state index in [2.05, 4.69) is 41.3 Å². The van der Waals surface area contributed by atoms with Gasteiger partial charge >= 0.3 is 0 Å². The molecule has 1 aliphatic rings. The minimum Gasteiger partial charge on any atom is -0.384 e. The number of benzene rings is 2. The Morgan fingerprint density at radius 2 is 2.00 bits per heavy atom. The number of nitrogens with zero attached hydrogens (tertiary/aromatic N) is 2. The molecule has 1 saturated heterocycles. The van der Waals surface area contributed by atoms with E-state index in [9.17, 15) is 10.1 Å². The molecule has 2 aromatic carbocycles. The van der Waals surface area contributed by atoms with Crippen molar-refractivity contribution in [2.45, 2.75) is 5.92 Å². The van der Waals surface area contributed by atoms with Gasteiger partial charge in [0.15, 0.2) is 6.29 Å². The molecule has 1 fully saturated rings. The van der Waals surface area contributed by atoms with Gasteiger partial charge in [0.05, 0.1) is 30.3 Å². The molecule has 148 valence electrons. The summed E-state index contributed by atoms with van der Waals surface area (Å²) in [6.07, 6.45) is 0.870. The number of carbonyl (C=O) groups is 1. The molecular weight excluding hydrogens is 384 g/mol. The number of anilines is 1. The highest BCUT2D eigenvalue weighted by molar-refractivity contribution is 7.18. The molecule has 1 aromatic heterocycles. The first-order valence-corrected chi connectivity index (χ1v) is 10.4. The zero-order valence-corrected chi connectivity index (χ0v) is 17.1. The first-order valence-electron chi connectivity index (χ1n) is 9.59. The summed E-state index contributed by atoms with van der Waals surface area (Å²) in [5.41, 5.74) is 2.39. The van der Waals surface area contributed by atoms with E-state index in [1.165, 1.54) is 11.3 Å². The third-order valence-electron chi connectivity index (χ3n) is 5.33. The van der Waals surface area contributed by atoms with Crippen molar-refractivity contribution in [2.75, 3.05) is 44.9 Å². The molecule has 29 heavy (non-hydrogen) atoms. The second-order valence-electron chi connectivity index (χ2n) is 7.00. The maximum absolute atomic E-state index is 12.0. The molecule has 3 aromatic rings. The van der Waals surface area contributed by atoms with Crippen LogP contribution >= 0.6 is 11.3 Å². The fourth-order valence-electron chi connectivity index (χ4n) is 3.92. The topological polar surface area (TPSA) is 62.6 Å². The number of ether oxygens (including phenoxy) is 2. The second-order valence-corrected chi connectivity index (χ2v) is 8.03. The first-order chi connectivity index (χ1) is 14.3. The molecular formula is C23H22N2O3S. The highest BCUT2D eigenvalue weighted by Gasteiger charge is 2.29. The predicted molar refractivity (Wildman–Crippen MR) is 115 cm³/mol. The van der Waals surface area contributed by atoms with Crippen LogP contribution in [-0.4, -0.2) is 46.3 Å². The molecule has 1 aliphatic heterocycles. The SMILES string of the molecule is COCC(c1ccc2ccccc2c1)c1c(C=O)sc(N2CCOCC2)c1C#N. The van der Waals surface area contributed by atoms with E-state index >= 15 is 0 Å². The van der Waals surface area contributed by atoms with Crippen LogP contribution in [0.1, 0.15) is 32.3 Å². The molecule has 1 unspecified atom stereocenters. The molecule has 6 heteroatoms. The summed E-state index contributed by atoms with van der Waals surface area (Å²) < 4.78 is 11.0. The lowest BCUT2D eigenvalue weighted by molar-refractivity contribution is 0.112. The van der Waals surface area contributed by atoms with Crippen LogP contribution in [0.25, 0.3) is 10.8 Å². The van der Waals surface area contributed by atoms with Crippen LogP contribution in [0, 0.1) is 11.3 Å². The molecule has 0 spiro atoms. The van der Waals surface area contributed by atoms with Gasteiger partial charge in [-0.15, -0.1) is 11.3 Å². The lowest BCUT2D eigenvalue weighted by atomic mass is 9.88. The summed E-state index contributed by atoms with van der Waals surface area (Å²) in [4.78, 5) is 14.7. The fraction of sp³-hybridized carbons (Fsp3) is 0.304. The van der Waals surface area contributed by atoms with Gasteiger partial charge in [-0.2, -0.15) is 5.26 Å². The summed E-state index contributed by atoms with van der Waals surface area (Å²) in [5, 5.41) is 13.2. The van der Waals surface area contributed by atoms with Crippen LogP contribution in [0.5, 0.6) is 0 Å². The van der Waals surface area contributed by atoms with E-state index in [1.54, 1.807) is 7.11 Å². The summed E-state index contributed by atoms with van der Waals surface area (Å²) in [6, 6.07) is 16.8. The Bertz CT molecular complexity index is 1060. The van der Waals surface area contributed by atoms with Gasteiger partial charge in [0, 0.05) is 31.7 Å². The minimum atomic E-state index is -0.189.